The second kappa shape index (κ2) is 7.53. The van der Waals surface area contributed by atoms with Crippen molar-refractivity contribution in [3.8, 4) is 0 Å². The summed E-state index contributed by atoms with van der Waals surface area (Å²) in [6.07, 6.45) is 4.81. The number of nitrogens with one attached hydrogen (secondary N) is 1. The molecule has 0 amide bonds. The Labute approximate surface area is 167 Å². The number of para-hydroxylation sites is 1. The Morgan fingerprint density at radius 1 is 1.25 bits per heavy atom. The summed E-state index contributed by atoms with van der Waals surface area (Å²) >= 11 is 0. The number of benzene rings is 1. The molecule has 5 nitrogen and oxygen atoms in total. The van der Waals surface area contributed by atoms with Crippen molar-refractivity contribution in [3.05, 3.63) is 35.5 Å². The van der Waals surface area contributed by atoms with Crippen molar-refractivity contribution in [2.45, 2.75) is 64.1 Å². The van der Waals surface area contributed by atoms with Crippen LogP contribution >= 0.6 is 0 Å². The number of nitrogens with zero attached hydrogens (tertiary/aromatic N) is 1. The van der Waals surface area contributed by atoms with Gasteiger partial charge in [-0.2, -0.15) is 0 Å². The van der Waals surface area contributed by atoms with Crippen LogP contribution in [0.1, 0.15) is 61.6 Å². The number of esters is 1. The van der Waals surface area contributed by atoms with Crippen LogP contribution in [0.5, 0.6) is 0 Å². The lowest BCUT2D eigenvalue weighted by atomic mass is 9.81. The van der Waals surface area contributed by atoms with Crippen LogP contribution in [0.4, 0.5) is 0 Å². The Morgan fingerprint density at radius 3 is 2.54 bits per heavy atom. The van der Waals surface area contributed by atoms with Crippen molar-refractivity contribution in [2.24, 2.45) is 5.92 Å². The molecule has 0 radical (unpaired) electrons. The lowest BCUT2D eigenvalue weighted by molar-refractivity contribution is -0.0719. The summed E-state index contributed by atoms with van der Waals surface area (Å²) in [7, 11) is 1.46. The van der Waals surface area contributed by atoms with E-state index in [1.807, 2.05) is 25.1 Å². The molecule has 4 rings (SSSR count). The van der Waals surface area contributed by atoms with Gasteiger partial charge in [-0.25, -0.2) is 4.79 Å². The fraction of sp³-hybridized carbons (Fsp3) is 0.609. The monoisotopic (exact) mass is 384 g/mol. The molecule has 1 saturated carbocycles. The first kappa shape index (κ1) is 19.5. The Bertz CT molecular complexity index is 860. The van der Waals surface area contributed by atoms with Gasteiger partial charge in [0.25, 0.3) is 0 Å². The van der Waals surface area contributed by atoms with Crippen LogP contribution in [0.3, 0.4) is 0 Å². The van der Waals surface area contributed by atoms with E-state index in [1.165, 1.54) is 32.8 Å². The zero-order valence-electron chi connectivity index (χ0n) is 17.5. The normalized spacial score (nSPS) is 25.3. The molecule has 1 aliphatic heterocycles. The lowest BCUT2D eigenvalue weighted by Crippen LogP contribution is -2.61. The zero-order valence-corrected chi connectivity index (χ0v) is 17.5. The number of ether oxygens (including phenoxy) is 2. The summed E-state index contributed by atoms with van der Waals surface area (Å²) in [4.78, 5) is 12.4. The third kappa shape index (κ3) is 3.35. The van der Waals surface area contributed by atoms with Crippen LogP contribution in [0.15, 0.2) is 24.3 Å². The quantitative estimate of drug-likeness (QED) is 0.784. The Morgan fingerprint density at radius 2 is 1.93 bits per heavy atom. The average molecular weight is 385 g/mol. The van der Waals surface area contributed by atoms with Gasteiger partial charge in [0.15, 0.2) is 0 Å². The van der Waals surface area contributed by atoms with E-state index in [-0.39, 0.29) is 11.5 Å². The molecule has 2 fully saturated rings. The van der Waals surface area contributed by atoms with Crippen molar-refractivity contribution < 1.29 is 14.3 Å². The van der Waals surface area contributed by atoms with Crippen molar-refractivity contribution >= 4 is 16.9 Å². The third-order valence-corrected chi connectivity index (χ3v) is 6.80. The van der Waals surface area contributed by atoms with E-state index >= 15 is 0 Å². The third-order valence-electron chi connectivity index (χ3n) is 6.80. The van der Waals surface area contributed by atoms with Crippen LogP contribution in [0.25, 0.3) is 10.9 Å². The zero-order chi connectivity index (χ0) is 19.9. The summed E-state index contributed by atoms with van der Waals surface area (Å²) < 4.78 is 12.8. The maximum atomic E-state index is 12.4. The van der Waals surface area contributed by atoms with E-state index in [2.05, 4.69) is 29.8 Å². The fourth-order valence-electron chi connectivity index (χ4n) is 5.22. The van der Waals surface area contributed by atoms with Crippen LogP contribution in [-0.2, 0) is 9.47 Å². The highest BCUT2D eigenvalue weighted by Gasteiger charge is 2.37. The molecule has 5 heteroatoms. The minimum absolute atomic E-state index is 0.172. The second-order valence-corrected chi connectivity index (χ2v) is 8.89. The van der Waals surface area contributed by atoms with Gasteiger partial charge in [-0.15, -0.1) is 0 Å². The molecule has 0 spiro atoms. The summed E-state index contributed by atoms with van der Waals surface area (Å²) in [5.74, 6) is 0.368. The summed E-state index contributed by atoms with van der Waals surface area (Å²) in [5.41, 5.74) is 3.02. The molecule has 1 aliphatic carbocycles. The molecule has 1 unspecified atom stereocenters. The maximum Gasteiger partial charge on any atom is 0.340 e. The number of fused-ring (bicyclic) bond motifs is 1. The van der Waals surface area contributed by atoms with Crippen LogP contribution in [0, 0.1) is 12.8 Å². The van der Waals surface area contributed by atoms with Gasteiger partial charge < -0.3 is 19.4 Å². The minimum atomic E-state index is -0.247. The molecule has 1 atom stereocenters. The first-order chi connectivity index (χ1) is 13.4. The highest BCUT2D eigenvalue weighted by Crippen LogP contribution is 2.38. The standard InChI is InChI=1S/C23H32N2O3/c1-15(17-9-11-18(12-10-17)24-23(3)13-28-14-23)25-16(2)21(22(26)27-4)19-7-5-6-8-20(19)25/h5-8,15,17-18,24H,9-14H2,1-4H3. The number of methoxy groups -OCH3 is 1. The lowest BCUT2D eigenvalue weighted by Gasteiger charge is -2.44. The minimum Gasteiger partial charge on any atom is -0.465 e. The second-order valence-electron chi connectivity index (χ2n) is 8.89. The first-order valence-electron chi connectivity index (χ1n) is 10.5. The number of carbonyl (C=O) groups is 1. The van der Waals surface area contributed by atoms with E-state index in [9.17, 15) is 4.79 Å². The van der Waals surface area contributed by atoms with E-state index in [4.69, 9.17) is 9.47 Å². The number of rotatable bonds is 5. The fourth-order valence-corrected chi connectivity index (χ4v) is 5.22. The predicted octanol–water partition coefficient (Wildman–Crippen LogP) is 4.23. The molecule has 1 aromatic carbocycles. The molecular weight excluding hydrogens is 352 g/mol. The molecule has 1 N–H and O–H groups in total. The maximum absolute atomic E-state index is 12.4. The molecule has 2 heterocycles. The van der Waals surface area contributed by atoms with Crippen LogP contribution < -0.4 is 5.32 Å². The average Bonchev–Trinajstić information content (AvgIpc) is 2.98. The summed E-state index contributed by atoms with van der Waals surface area (Å²) in [6, 6.07) is 9.13. The topological polar surface area (TPSA) is 52.5 Å². The largest absolute Gasteiger partial charge is 0.465 e. The van der Waals surface area contributed by atoms with Crippen molar-refractivity contribution in [1.29, 1.82) is 0 Å². The SMILES string of the molecule is COC(=O)c1c(C)n(C(C)C2CCC(NC3(C)COC3)CC2)c2ccccc12. The van der Waals surface area contributed by atoms with Gasteiger partial charge >= 0.3 is 5.97 Å². The predicted molar refractivity (Wildman–Crippen MR) is 111 cm³/mol. The van der Waals surface area contributed by atoms with Gasteiger partial charge in [0.05, 0.1) is 31.4 Å². The van der Waals surface area contributed by atoms with E-state index in [0.29, 0.717) is 23.6 Å². The number of carbonyl (C=O) groups excluding carboxylic acids is 1. The highest BCUT2D eigenvalue weighted by atomic mass is 16.5. The summed E-state index contributed by atoms with van der Waals surface area (Å²) in [5, 5.41) is 4.80. The van der Waals surface area contributed by atoms with Gasteiger partial charge in [-0.3, -0.25) is 0 Å². The molecular formula is C23H32N2O3. The van der Waals surface area contributed by atoms with Gasteiger partial charge in [-0.05, 0) is 58.4 Å². The summed E-state index contributed by atoms with van der Waals surface area (Å²) in [6.45, 7) is 8.27. The van der Waals surface area contributed by atoms with Crippen LogP contribution in [0.2, 0.25) is 0 Å². The Kier molecular flexibility index (Phi) is 5.23. The first-order valence-corrected chi connectivity index (χ1v) is 10.5. The van der Waals surface area contributed by atoms with Crippen LogP contribution in [-0.4, -0.2) is 42.4 Å². The number of hydrogen-bond donors (Lipinski definition) is 1. The highest BCUT2D eigenvalue weighted by molar-refractivity contribution is 6.05. The van der Waals surface area contributed by atoms with Crippen molar-refractivity contribution in [1.82, 2.24) is 9.88 Å². The number of aromatic nitrogens is 1. The van der Waals surface area contributed by atoms with E-state index < -0.39 is 0 Å². The van der Waals surface area contributed by atoms with Gasteiger partial charge in [0.2, 0.25) is 0 Å². The molecule has 28 heavy (non-hydrogen) atoms. The Hall–Kier alpha value is -1.85. The molecule has 2 aliphatic rings. The molecule has 152 valence electrons. The Balaban J connectivity index is 1.54. The molecule has 0 bridgehead atoms. The molecule has 2 aromatic rings. The number of hydrogen-bond acceptors (Lipinski definition) is 4. The van der Waals surface area contributed by atoms with Gasteiger partial charge in [-0.1, -0.05) is 18.2 Å². The van der Waals surface area contributed by atoms with Crippen molar-refractivity contribution in [2.75, 3.05) is 20.3 Å². The van der Waals surface area contributed by atoms with E-state index in [0.717, 1.165) is 29.8 Å². The smallest absolute Gasteiger partial charge is 0.340 e. The molecule has 1 aromatic heterocycles. The molecule has 1 saturated heterocycles. The van der Waals surface area contributed by atoms with E-state index in [1.54, 1.807) is 0 Å². The van der Waals surface area contributed by atoms with Gasteiger partial charge in [0.1, 0.15) is 0 Å². The van der Waals surface area contributed by atoms with Crippen molar-refractivity contribution in [3.63, 3.8) is 0 Å². The van der Waals surface area contributed by atoms with Gasteiger partial charge in [0, 0.05) is 28.7 Å².